The Labute approximate surface area is 161 Å². The van der Waals surface area contributed by atoms with Crippen molar-refractivity contribution in [3.05, 3.63) is 59.2 Å². The third-order valence-corrected chi connectivity index (χ3v) is 5.11. The van der Waals surface area contributed by atoms with Crippen molar-refractivity contribution in [1.29, 1.82) is 0 Å². The van der Waals surface area contributed by atoms with Crippen LogP contribution in [0.3, 0.4) is 0 Å². The fraction of sp³-hybridized carbons (Fsp3) is 0.435. The molecule has 0 saturated carbocycles. The number of fused-ring (bicyclic) bond motifs is 1. The standard InChI is InChI=1S/C23H28O4/c1-16(2)17-6-8-20(9-7-17)26-12-3-13-27-21-10-11-22-18(14-21)4-5-19(22)15-23(24)25/h6-11,14,16,19H,3-5,12-13,15H2,1-2H3,(H,24,25)/t19-/m0/s1. The van der Waals surface area contributed by atoms with Crippen LogP contribution in [0.2, 0.25) is 0 Å². The highest BCUT2D eigenvalue weighted by Crippen LogP contribution is 2.37. The van der Waals surface area contributed by atoms with Gasteiger partial charge in [0.2, 0.25) is 0 Å². The molecule has 1 atom stereocenters. The van der Waals surface area contributed by atoms with Gasteiger partial charge in [0, 0.05) is 6.42 Å². The van der Waals surface area contributed by atoms with Crippen LogP contribution in [-0.4, -0.2) is 24.3 Å². The molecule has 0 saturated heterocycles. The summed E-state index contributed by atoms with van der Waals surface area (Å²) in [5.74, 6) is 1.68. The van der Waals surface area contributed by atoms with Crippen LogP contribution in [-0.2, 0) is 11.2 Å². The zero-order chi connectivity index (χ0) is 19.2. The molecule has 27 heavy (non-hydrogen) atoms. The fourth-order valence-electron chi connectivity index (χ4n) is 3.58. The lowest BCUT2D eigenvalue weighted by Gasteiger charge is -2.11. The molecule has 0 spiro atoms. The third-order valence-electron chi connectivity index (χ3n) is 5.11. The Bertz CT molecular complexity index is 764. The molecular weight excluding hydrogens is 340 g/mol. The van der Waals surface area contributed by atoms with Crippen molar-refractivity contribution in [2.24, 2.45) is 0 Å². The van der Waals surface area contributed by atoms with E-state index in [4.69, 9.17) is 14.6 Å². The van der Waals surface area contributed by atoms with Crippen LogP contribution in [0.25, 0.3) is 0 Å². The van der Waals surface area contributed by atoms with Crippen LogP contribution in [0.4, 0.5) is 0 Å². The summed E-state index contributed by atoms with van der Waals surface area (Å²) in [6.45, 7) is 5.57. The van der Waals surface area contributed by atoms with Gasteiger partial charge in [-0.1, -0.05) is 32.0 Å². The molecule has 0 fully saturated rings. The minimum absolute atomic E-state index is 0.141. The number of carboxylic acids is 1. The molecular formula is C23H28O4. The Morgan fingerprint density at radius 3 is 2.41 bits per heavy atom. The maximum absolute atomic E-state index is 10.9. The number of aliphatic carboxylic acids is 1. The number of ether oxygens (including phenoxy) is 2. The highest BCUT2D eigenvalue weighted by molar-refractivity contribution is 5.68. The molecule has 2 aromatic rings. The van der Waals surface area contributed by atoms with Crippen molar-refractivity contribution in [2.45, 2.75) is 51.4 Å². The van der Waals surface area contributed by atoms with Gasteiger partial charge in [0.05, 0.1) is 19.6 Å². The highest BCUT2D eigenvalue weighted by Gasteiger charge is 2.24. The molecule has 0 radical (unpaired) electrons. The number of carboxylic acid groups (broad SMARTS) is 1. The van der Waals surface area contributed by atoms with Crippen LogP contribution in [0.5, 0.6) is 11.5 Å². The van der Waals surface area contributed by atoms with Gasteiger partial charge < -0.3 is 14.6 Å². The van der Waals surface area contributed by atoms with Gasteiger partial charge in [-0.2, -0.15) is 0 Å². The first-order chi connectivity index (χ1) is 13.0. The number of hydrogen-bond donors (Lipinski definition) is 1. The first-order valence-electron chi connectivity index (χ1n) is 9.73. The van der Waals surface area contributed by atoms with Crippen molar-refractivity contribution < 1.29 is 19.4 Å². The highest BCUT2D eigenvalue weighted by atomic mass is 16.5. The molecule has 4 nitrogen and oxygen atoms in total. The molecule has 1 aliphatic carbocycles. The molecule has 0 bridgehead atoms. The molecule has 0 unspecified atom stereocenters. The maximum atomic E-state index is 10.9. The predicted octanol–water partition coefficient (Wildman–Crippen LogP) is 5.16. The molecule has 3 rings (SSSR count). The Kier molecular flexibility index (Phi) is 6.38. The largest absolute Gasteiger partial charge is 0.493 e. The minimum atomic E-state index is -0.730. The Morgan fingerprint density at radius 2 is 1.74 bits per heavy atom. The summed E-state index contributed by atoms with van der Waals surface area (Å²) in [7, 11) is 0. The number of carbonyl (C=O) groups is 1. The molecule has 4 heteroatoms. The molecule has 2 aromatic carbocycles. The lowest BCUT2D eigenvalue weighted by atomic mass is 9.98. The van der Waals surface area contributed by atoms with Gasteiger partial charge in [-0.25, -0.2) is 0 Å². The van der Waals surface area contributed by atoms with E-state index in [0.717, 1.165) is 36.3 Å². The topological polar surface area (TPSA) is 55.8 Å². The molecule has 0 amide bonds. The summed E-state index contributed by atoms with van der Waals surface area (Å²) in [6, 6.07) is 14.3. The second-order valence-corrected chi connectivity index (χ2v) is 7.47. The number of aryl methyl sites for hydroxylation is 1. The summed E-state index contributed by atoms with van der Waals surface area (Å²) >= 11 is 0. The van der Waals surface area contributed by atoms with Gasteiger partial charge in [0.1, 0.15) is 11.5 Å². The fourth-order valence-corrected chi connectivity index (χ4v) is 3.58. The number of benzene rings is 2. The second kappa shape index (κ2) is 8.94. The molecule has 0 aliphatic heterocycles. The summed E-state index contributed by atoms with van der Waals surface area (Å²) < 4.78 is 11.6. The van der Waals surface area contributed by atoms with Crippen LogP contribution >= 0.6 is 0 Å². The summed E-state index contributed by atoms with van der Waals surface area (Å²) in [5, 5.41) is 9.00. The monoisotopic (exact) mass is 368 g/mol. The average Bonchev–Trinajstić information content (AvgIpc) is 3.03. The van der Waals surface area contributed by atoms with Gasteiger partial charge >= 0.3 is 5.97 Å². The van der Waals surface area contributed by atoms with Gasteiger partial charge in [-0.05, 0) is 65.6 Å². The van der Waals surface area contributed by atoms with E-state index >= 15 is 0 Å². The van der Waals surface area contributed by atoms with E-state index in [9.17, 15) is 4.79 Å². The van der Waals surface area contributed by atoms with E-state index in [2.05, 4.69) is 32.0 Å². The van der Waals surface area contributed by atoms with Crippen LogP contribution < -0.4 is 9.47 Å². The smallest absolute Gasteiger partial charge is 0.303 e. The maximum Gasteiger partial charge on any atom is 0.303 e. The third kappa shape index (κ3) is 5.25. The van der Waals surface area contributed by atoms with Crippen molar-refractivity contribution in [3.8, 4) is 11.5 Å². The molecule has 1 aliphatic rings. The normalized spacial score (nSPS) is 15.6. The Morgan fingerprint density at radius 1 is 1.07 bits per heavy atom. The van der Waals surface area contributed by atoms with E-state index in [1.807, 2.05) is 24.3 Å². The van der Waals surface area contributed by atoms with Crippen LogP contribution in [0.1, 0.15) is 61.6 Å². The zero-order valence-corrected chi connectivity index (χ0v) is 16.1. The Balaban J connectivity index is 1.41. The van der Waals surface area contributed by atoms with E-state index in [1.165, 1.54) is 11.1 Å². The van der Waals surface area contributed by atoms with Gasteiger partial charge in [0.25, 0.3) is 0 Å². The molecule has 1 N–H and O–H groups in total. The lowest BCUT2D eigenvalue weighted by Crippen LogP contribution is -2.05. The van der Waals surface area contributed by atoms with Crippen molar-refractivity contribution in [2.75, 3.05) is 13.2 Å². The molecule has 0 heterocycles. The molecule has 0 aromatic heterocycles. The van der Waals surface area contributed by atoms with E-state index in [0.29, 0.717) is 19.1 Å². The first kappa shape index (κ1) is 19.3. The van der Waals surface area contributed by atoms with Crippen LogP contribution in [0.15, 0.2) is 42.5 Å². The van der Waals surface area contributed by atoms with E-state index in [-0.39, 0.29) is 12.3 Å². The summed E-state index contributed by atoms with van der Waals surface area (Å²) in [4.78, 5) is 10.9. The summed E-state index contributed by atoms with van der Waals surface area (Å²) in [6.07, 6.45) is 2.86. The van der Waals surface area contributed by atoms with Crippen LogP contribution in [0, 0.1) is 0 Å². The van der Waals surface area contributed by atoms with E-state index in [1.54, 1.807) is 0 Å². The number of rotatable bonds is 9. The van der Waals surface area contributed by atoms with Gasteiger partial charge in [0.15, 0.2) is 0 Å². The van der Waals surface area contributed by atoms with Crippen molar-refractivity contribution in [1.82, 2.24) is 0 Å². The quantitative estimate of drug-likeness (QED) is 0.621. The average molecular weight is 368 g/mol. The Hall–Kier alpha value is -2.49. The zero-order valence-electron chi connectivity index (χ0n) is 16.1. The lowest BCUT2D eigenvalue weighted by molar-refractivity contribution is -0.137. The second-order valence-electron chi connectivity index (χ2n) is 7.47. The van der Waals surface area contributed by atoms with E-state index < -0.39 is 5.97 Å². The van der Waals surface area contributed by atoms with Gasteiger partial charge in [-0.15, -0.1) is 0 Å². The van der Waals surface area contributed by atoms with Crippen molar-refractivity contribution >= 4 is 5.97 Å². The predicted molar refractivity (Wildman–Crippen MR) is 106 cm³/mol. The molecule has 144 valence electrons. The first-order valence-corrected chi connectivity index (χ1v) is 9.73. The van der Waals surface area contributed by atoms with Crippen molar-refractivity contribution in [3.63, 3.8) is 0 Å². The number of hydrogen-bond acceptors (Lipinski definition) is 3. The SMILES string of the molecule is CC(C)c1ccc(OCCCOc2ccc3c(c2)CC[C@H]3CC(=O)O)cc1. The van der Waals surface area contributed by atoms with Gasteiger partial charge in [-0.3, -0.25) is 4.79 Å². The summed E-state index contributed by atoms with van der Waals surface area (Å²) in [5.41, 5.74) is 3.70. The minimum Gasteiger partial charge on any atom is -0.493 e.